The van der Waals surface area contributed by atoms with Crippen LogP contribution in [0.15, 0.2) is 6.20 Å². The van der Waals surface area contributed by atoms with E-state index in [9.17, 15) is 31.1 Å². The molecular formula is C10H8F6N2O3. The summed E-state index contributed by atoms with van der Waals surface area (Å²) in [4.78, 5) is 14.1. The first-order valence-corrected chi connectivity index (χ1v) is 5.14. The number of aromatic nitrogens is 1. The van der Waals surface area contributed by atoms with Crippen molar-refractivity contribution in [2.24, 2.45) is 5.73 Å². The number of carbonyl (C=O) groups is 1. The molecule has 1 heterocycles. The van der Waals surface area contributed by atoms with Crippen molar-refractivity contribution >= 4 is 5.97 Å². The number of esters is 1. The van der Waals surface area contributed by atoms with E-state index < -0.39 is 47.6 Å². The monoisotopic (exact) mass is 318 g/mol. The second-order valence-electron chi connectivity index (χ2n) is 3.57. The van der Waals surface area contributed by atoms with Gasteiger partial charge in [0.1, 0.15) is 0 Å². The van der Waals surface area contributed by atoms with Gasteiger partial charge in [-0.2, -0.15) is 13.2 Å². The van der Waals surface area contributed by atoms with Crippen LogP contribution in [-0.2, 0) is 17.5 Å². The van der Waals surface area contributed by atoms with E-state index in [1.165, 1.54) is 0 Å². The van der Waals surface area contributed by atoms with E-state index >= 15 is 0 Å². The lowest BCUT2D eigenvalue weighted by Gasteiger charge is -2.18. The number of methoxy groups -OCH3 is 1. The maximum atomic E-state index is 12.7. The maximum Gasteiger partial charge on any atom is 0.573 e. The summed E-state index contributed by atoms with van der Waals surface area (Å²) in [5, 5.41) is 0. The molecule has 0 aliphatic carbocycles. The molecule has 11 heteroatoms. The Labute approximate surface area is 113 Å². The lowest BCUT2D eigenvalue weighted by atomic mass is 10.1. The maximum absolute atomic E-state index is 12.7. The molecule has 0 aromatic carbocycles. The molecule has 118 valence electrons. The van der Waals surface area contributed by atoms with Crippen LogP contribution in [0, 0.1) is 0 Å². The van der Waals surface area contributed by atoms with Gasteiger partial charge in [-0.1, -0.05) is 0 Å². The Morgan fingerprint density at radius 3 is 2.24 bits per heavy atom. The highest BCUT2D eigenvalue weighted by molar-refractivity contribution is 5.91. The zero-order valence-electron chi connectivity index (χ0n) is 10.3. The second kappa shape index (κ2) is 5.76. The fraction of sp³-hybridized carbons (Fsp3) is 0.400. The Morgan fingerprint density at radius 1 is 1.29 bits per heavy atom. The summed E-state index contributed by atoms with van der Waals surface area (Å²) in [6.07, 6.45) is -10.2. The van der Waals surface area contributed by atoms with Gasteiger partial charge in [0.05, 0.1) is 12.7 Å². The molecule has 0 unspecified atom stereocenters. The molecule has 0 saturated heterocycles. The minimum Gasteiger partial charge on any atom is -0.465 e. The SMILES string of the molecule is COC(=O)c1cnc(C(F)(F)F)c(OC(F)(F)F)c1CN. The Hall–Kier alpha value is -2.04. The fourth-order valence-electron chi connectivity index (χ4n) is 1.45. The highest BCUT2D eigenvalue weighted by Gasteiger charge is 2.43. The number of rotatable bonds is 3. The van der Waals surface area contributed by atoms with Crippen molar-refractivity contribution in [2.75, 3.05) is 7.11 Å². The van der Waals surface area contributed by atoms with Crippen LogP contribution in [0.2, 0.25) is 0 Å². The standard InChI is InChI=1S/C10H8F6N2O3/c1-20-8(19)5-3-18-7(9(11,12)13)6(4(5)2-17)21-10(14,15)16/h3H,2,17H2,1H3. The van der Waals surface area contributed by atoms with Gasteiger partial charge in [0.15, 0.2) is 11.4 Å². The summed E-state index contributed by atoms with van der Waals surface area (Å²) in [5.74, 6) is -2.86. The van der Waals surface area contributed by atoms with Gasteiger partial charge in [-0.05, 0) is 0 Å². The average molecular weight is 318 g/mol. The molecule has 0 atom stereocenters. The van der Waals surface area contributed by atoms with Crippen molar-refractivity contribution in [2.45, 2.75) is 19.1 Å². The Morgan fingerprint density at radius 2 is 1.86 bits per heavy atom. The van der Waals surface area contributed by atoms with Gasteiger partial charge in [-0.25, -0.2) is 9.78 Å². The quantitative estimate of drug-likeness (QED) is 0.683. The predicted molar refractivity (Wildman–Crippen MR) is 55.2 cm³/mol. The van der Waals surface area contributed by atoms with Crippen molar-refractivity contribution in [3.8, 4) is 5.75 Å². The Kier molecular flexibility index (Phi) is 4.66. The highest BCUT2D eigenvalue weighted by Crippen LogP contribution is 2.40. The molecule has 0 spiro atoms. The van der Waals surface area contributed by atoms with Crippen LogP contribution in [0.4, 0.5) is 26.3 Å². The van der Waals surface area contributed by atoms with Crippen molar-refractivity contribution in [3.05, 3.63) is 23.0 Å². The van der Waals surface area contributed by atoms with Crippen LogP contribution < -0.4 is 10.5 Å². The molecule has 5 nitrogen and oxygen atoms in total. The van der Waals surface area contributed by atoms with Gasteiger partial charge in [0, 0.05) is 18.3 Å². The minimum absolute atomic E-state index is 0.431. The van der Waals surface area contributed by atoms with E-state index in [2.05, 4.69) is 14.5 Å². The molecule has 1 aromatic heterocycles. The van der Waals surface area contributed by atoms with Gasteiger partial charge >= 0.3 is 18.5 Å². The molecule has 0 aliphatic rings. The molecule has 0 bridgehead atoms. The molecular weight excluding hydrogens is 310 g/mol. The largest absolute Gasteiger partial charge is 0.573 e. The molecule has 0 radical (unpaired) electrons. The molecule has 2 N–H and O–H groups in total. The third-order valence-electron chi connectivity index (χ3n) is 2.23. The van der Waals surface area contributed by atoms with Gasteiger partial charge < -0.3 is 15.2 Å². The summed E-state index contributed by atoms with van der Waals surface area (Å²) in [6, 6.07) is 0. The van der Waals surface area contributed by atoms with Crippen LogP contribution in [0.1, 0.15) is 21.6 Å². The van der Waals surface area contributed by atoms with Gasteiger partial charge in [-0.3, -0.25) is 0 Å². The number of hydrogen-bond acceptors (Lipinski definition) is 5. The van der Waals surface area contributed by atoms with E-state index in [1.807, 2.05) is 0 Å². The molecule has 0 fully saturated rings. The van der Waals surface area contributed by atoms with E-state index in [1.54, 1.807) is 0 Å². The lowest BCUT2D eigenvalue weighted by Crippen LogP contribution is -2.24. The molecule has 0 amide bonds. The summed E-state index contributed by atoms with van der Waals surface area (Å²) >= 11 is 0. The van der Waals surface area contributed by atoms with E-state index in [0.717, 1.165) is 7.11 Å². The normalized spacial score (nSPS) is 12.2. The van der Waals surface area contributed by atoms with Crippen molar-refractivity contribution < 1.29 is 40.6 Å². The molecule has 21 heavy (non-hydrogen) atoms. The van der Waals surface area contributed by atoms with Crippen LogP contribution in [0.5, 0.6) is 5.75 Å². The van der Waals surface area contributed by atoms with E-state index in [4.69, 9.17) is 5.73 Å². The summed E-state index contributed by atoms with van der Waals surface area (Å²) in [7, 11) is 0.893. The van der Waals surface area contributed by atoms with Gasteiger partial charge in [0.2, 0.25) is 0 Å². The third kappa shape index (κ3) is 3.97. The highest BCUT2D eigenvalue weighted by atomic mass is 19.4. The minimum atomic E-state index is -5.42. The molecule has 1 rings (SSSR count). The topological polar surface area (TPSA) is 74.4 Å². The smallest absolute Gasteiger partial charge is 0.465 e. The van der Waals surface area contributed by atoms with Crippen molar-refractivity contribution in [3.63, 3.8) is 0 Å². The zero-order valence-corrected chi connectivity index (χ0v) is 10.3. The first kappa shape index (κ1) is 17.0. The van der Waals surface area contributed by atoms with Crippen molar-refractivity contribution in [1.29, 1.82) is 0 Å². The Balaban J connectivity index is 3.60. The number of halogens is 6. The van der Waals surface area contributed by atoms with E-state index in [0.29, 0.717) is 6.20 Å². The molecule has 0 aliphatic heterocycles. The number of alkyl halides is 6. The summed E-state index contributed by atoms with van der Waals surface area (Å²) in [6.45, 7) is -0.818. The lowest BCUT2D eigenvalue weighted by molar-refractivity contribution is -0.276. The number of carbonyl (C=O) groups excluding carboxylic acids is 1. The number of nitrogens with zero attached hydrogens (tertiary/aromatic N) is 1. The Bertz CT molecular complexity index is 541. The van der Waals surface area contributed by atoms with Gasteiger partial charge in [-0.15, -0.1) is 13.2 Å². The van der Waals surface area contributed by atoms with Crippen LogP contribution >= 0.6 is 0 Å². The second-order valence-corrected chi connectivity index (χ2v) is 3.57. The third-order valence-corrected chi connectivity index (χ3v) is 2.23. The number of hydrogen-bond donors (Lipinski definition) is 1. The number of nitrogens with two attached hydrogens (primary N) is 1. The van der Waals surface area contributed by atoms with Crippen LogP contribution in [-0.4, -0.2) is 24.4 Å². The van der Waals surface area contributed by atoms with Crippen LogP contribution in [0.25, 0.3) is 0 Å². The molecule has 0 saturated carbocycles. The first-order chi connectivity index (χ1) is 9.51. The van der Waals surface area contributed by atoms with Crippen LogP contribution in [0.3, 0.4) is 0 Å². The molecule has 1 aromatic rings. The first-order valence-electron chi connectivity index (χ1n) is 5.14. The zero-order chi connectivity index (χ0) is 16.4. The average Bonchev–Trinajstić information content (AvgIpc) is 2.33. The van der Waals surface area contributed by atoms with Gasteiger partial charge in [0.25, 0.3) is 0 Å². The predicted octanol–water partition coefficient (Wildman–Crippen LogP) is 2.24. The number of pyridine rings is 1. The summed E-state index contributed by atoms with van der Waals surface area (Å²) < 4.78 is 82.4. The fourth-order valence-corrected chi connectivity index (χ4v) is 1.45. The van der Waals surface area contributed by atoms with E-state index in [-0.39, 0.29) is 0 Å². The summed E-state index contributed by atoms with van der Waals surface area (Å²) in [5.41, 5.74) is 1.74. The number of ether oxygens (including phenoxy) is 2. The van der Waals surface area contributed by atoms with Crippen molar-refractivity contribution in [1.82, 2.24) is 4.98 Å².